The van der Waals surface area contributed by atoms with E-state index in [1.807, 2.05) is 129 Å². The zero-order valence-corrected chi connectivity index (χ0v) is 77.5. The van der Waals surface area contributed by atoms with Gasteiger partial charge in [-0.25, -0.2) is 0 Å². The van der Waals surface area contributed by atoms with Crippen molar-refractivity contribution in [3.8, 4) is 0 Å². The summed E-state index contributed by atoms with van der Waals surface area (Å²) in [6.45, 7) is 92.5. The Morgan fingerprint density at radius 3 is 1.14 bits per heavy atom. The first-order valence-corrected chi connectivity index (χ1v) is 44.0. The monoisotopic (exact) mass is 1440 g/mol. The molecule has 0 aliphatic carbocycles. The van der Waals surface area contributed by atoms with Crippen LogP contribution in [0.3, 0.4) is 0 Å². The number of thioether (sulfide) groups is 2. The van der Waals surface area contributed by atoms with Crippen molar-refractivity contribution in [2.75, 3.05) is 56.7 Å². The van der Waals surface area contributed by atoms with Crippen molar-refractivity contribution in [3.05, 3.63) is 84.5 Å². The lowest BCUT2D eigenvalue weighted by Crippen LogP contribution is -2.33. The van der Waals surface area contributed by atoms with Gasteiger partial charge in [-0.15, -0.1) is 0 Å². The zero-order chi connectivity index (χ0) is 79.6. The van der Waals surface area contributed by atoms with Crippen LogP contribution in [-0.4, -0.2) is 84.1 Å². The largest absolute Gasteiger partial charge is 0.381 e. The highest BCUT2D eigenvalue weighted by atomic mass is 32.2. The average molecular weight is 1440 g/mol. The Balaban J connectivity index is -0.0000000948. The number of ether oxygens (including phenoxy) is 2. The first kappa shape index (κ1) is 121. The fraction of sp³-hybridized carbons (Fsp3) is 0.846. The van der Waals surface area contributed by atoms with Gasteiger partial charge in [-0.2, -0.15) is 23.5 Å². The third-order valence-corrected chi connectivity index (χ3v) is 15.7. The first-order chi connectivity index (χ1) is 46.7. The minimum atomic E-state index is 0.365. The summed E-state index contributed by atoms with van der Waals surface area (Å²) in [4.78, 5) is 6.25. The number of H-pyrrole nitrogens is 2. The predicted octanol–water partition coefficient (Wildman–Crippen LogP) is 30.8. The second-order valence-electron chi connectivity index (χ2n) is 30.7. The standard InChI is InChI=1S/C10H19N.C10H18O.C10H18S.2C9H15N.3C5H12.C4H9N.C4H8O.C4H8S.8C2H6/c3*1-10(2,3)8-9-6-4-5-7-11-9;1-9(2,3)6-8-4-5-10-7-8;1-9(2,3)7-8-5-4-6-10-8;3*1-4-5(2)3;3*1-2-4-5-3-1;8*1-2/h4,6,9,11H,5,7-8H2,1-3H3;2*4,6,9H,5,7-8H2,1-3H3;4-5,7,10H,6H2,1-3H3;4-6,10H,7H2,1-3H3;3*5H,4H2,1-3H3;5H,1-4H2;2*1-4H2;8*1-2H3. The molecule has 2 aromatic heterocycles. The van der Waals surface area contributed by atoms with Crippen LogP contribution in [-0.2, 0) is 22.3 Å². The van der Waals surface area contributed by atoms with Gasteiger partial charge in [-0.3, -0.25) is 0 Å². The van der Waals surface area contributed by atoms with Gasteiger partial charge in [-0.05, 0) is 195 Å². The molecule has 8 heterocycles. The number of aromatic amines is 2. The molecule has 8 heteroatoms. The highest BCUT2D eigenvalue weighted by molar-refractivity contribution is 8.00. The molecule has 0 spiro atoms. The Morgan fingerprint density at radius 2 is 0.879 bits per heavy atom. The molecule has 6 aliphatic heterocycles. The molecular formula is C91H194N4O2S2. The number of rotatable bonds is 8. The Kier molecular flexibility index (Phi) is 111. The van der Waals surface area contributed by atoms with E-state index in [9.17, 15) is 0 Å². The van der Waals surface area contributed by atoms with Crippen molar-refractivity contribution in [2.24, 2.45) is 44.8 Å². The number of aromatic nitrogens is 2. The van der Waals surface area contributed by atoms with Gasteiger partial charge in [0.05, 0.1) is 12.7 Å². The molecule has 6 aliphatic rings. The van der Waals surface area contributed by atoms with Crippen LogP contribution in [0.15, 0.2) is 73.2 Å². The van der Waals surface area contributed by atoms with Crippen LogP contribution < -0.4 is 10.6 Å². The van der Waals surface area contributed by atoms with Crippen molar-refractivity contribution in [2.45, 2.75) is 403 Å². The van der Waals surface area contributed by atoms with Crippen molar-refractivity contribution in [3.63, 3.8) is 0 Å². The van der Waals surface area contributed by atoms with Gasteiger partial charge >= 0.3 is 0 Å². The summed E-state index contributed by atoms with van der Waals surface area (Å²) in [6, 6.07) is 6.92. The fourth-order valence-corrected chi connectivity index (χ4v) is 10.3. The SMILES string of the molecule is C1CCNC1.C1CCOC1.C1CCSC1.CC.CC.CC.CC.CC.CC.CC.CC.CC(C)(C)CC1C=CCCN1.CC(C)(C)CC1C=CCCO1.CC(C)(C)CC1C=CCCS1.CC(C)(C)Cc1cc[nH]c1.CC(C)(C)Cc1ccc[nH]1.CCC(C)C.CCC(C)C.CCC(C)C. The molecule has 6 nitrogen and oxygen atoms in total. The lowest BCUT2D eigenvalue weighted by atomic mass is 9.87. The number of allylic oxidation sites excluding steroid dienone is 1. The third kappa shape index (κ3) is 126. The zero-order valence-electron chi connectivity index (χ0n) is 75.9. The Hall–Kier alpha value is -1.68. The Labute approximate surface area is 639 Å². The highest BCUT2D eigenvalue weighted by Crippen LogP contribution is 2.31. The molecule has 602 valence electrons. The van der Waals surface area contributed by atoms with Gasteiger partial charge < -0.3 is 30.1 Å². The first-order valence-electron chi connectivity index (χ1n) is 41.8. The van der Waals surface area contributed by atoms with Gasteiger partial charge in [0.1, 0.15) is 0 Å². The molecule has 0 radical (unpaired) electrons. The van der Waals surface area contributed by atoms with E-state index in [0.717, 1.165) is 75.1 Å². The lowest BCUT2D eigenvalue weighted by Gasteiger charge is -2.26. The molecule has 0 bridgehead atoms. The molecule has 3 unspecified atom stereocenters. The van der Waals surface area contributed by atoms with E-state index >= 15 is 0 Å². The van der Waals surface area contributed by atoms with E-state index in [1.165, 1.54) is 125 Å². The van der Waals surface area contributed by atoms with Crippen LogP contribution in [0.2, 0.25) is 0 Å². The summed E-state index contributed by atoms with van der Waals surface area (Å²) < 4.78 is 10.5. The number of hydrogen-bond acceptors (Lipinski definition) is 6. The maximum Gasteiger partial charge on any atom is 0.0760 e. The molecule has 0 aromatic carbocycles. The summed E-state index contributed by atoms with van der Waals surface area (Å²) in [6.07, 6.45) is 41.7. The molecule has 3 saturated heterocycles. The van der Waals surface area contributed by atoms with Crippen LogP contribution in [0, 0.1) is 44.8 Å². The molecule has 99 heavy (non-hydrogen) atoms. The summed E-state index contributed by atoms with van der Waals surface area (Å²) >= 11 is 4.18. The second kappa shape index (κ2) is 90.5. The van der Waals surface area contributed by atoms with Gasteiger partial charge in [-0.1, -0.05) is 333 Å². The Bertz CT molecular complexity index is 1500. The normalized spacial score (nSPS) is 16.5. The number of hydrogen-bond donors (Lipinski definition) is 4. The molecule has 2 aromatic rings. The van der Waals surface area contributed by atoms with Crippen LogP contribution >= 0.6 is 23.5 Å². The van der Waals surface area contributed by atoms with Crippen molar-refractivity contribution in [1.29, 1.82) is 0 Å². The van der Waals surface area contributed by atoms with E-state index in [0.29, 0.717) is 39.2 Å². The van der Waals surface area contributed by atoms with Gasteiger partial charge in [0.2, 0.25) is 0 Å². The predicted molar refractivity (Wildman–Crippen MR) is 474 cm³/mol. The molecule has 3 fully saturated rings. The topological polar surface area (TPSA) is 74.1 Å². The molecule has 3 atom stereocenters. The van der Waals surface area contributed by atoms with Gasteiger partial charge in [0.25, 0.3) is 0 Å². The van der Waals surface area contributed by atoms with E-state index in [-0.39, 0.29) is 0 Å². The molecule has 4 N–H and O–H groups in total. The molecule has 8 rings (SSSR count). The summed E-state index contributed by atoms with van der Waals surface area (Å²) in [7, 11) is 0. The maximum atomic E-state index is 5.57. The van der Waals surface area contributed by atoms with E-state index < -0.39 is 0 Å². The average Bonchev–Trinajstić information content (AvgIpc) is 1.61. The minimum Gasteiger partial charge on any atom is -0.381 e. The molecule has 0 saturated carbocycles. The van der Waals surface area contributed by atoms with Crippen LogP contribution in [0.5, 0.6) is 0 Å². The number of nitrogens with one attached hydrogen (secondary N) is 4. The lowest BCUT2D eigenvalue weighted by molar-refractivity contribution is 0.0520. The van der Waals surface area contributed by atoms with E-state index in [1.54, 1.807) is 0 Å². The van der Waals surface area contributed by atoms with Crippen molar-refractivity contribution >= 4 is 23.5 Å². The van der Waals surface area contributed by atoms with Crippen LogP contribution in [0.1, 0.15) is 385 Å². The molecule has 0 amide bonds. The Morgan fingerprint density at radius 1 is 0.444 bits per heavy atom. The highest BCUT2D eigenvalue weighted by Gasteiger charge is 2.20. The summed E-state index contributed by atoms with van der Waals surface area (Å²) in [5, 5.41) is 7.49. The second-order valence-corrected chi connectivity index (χ2v) is 33.3. The fourth-order valence-electron chi connectivity index (χ4n) is 7.90. The summed E-state index contributed by atoms with van der Waals surface area (Å²) in [5.74, 6) is 6.80. The van der Waals surface area contributed by atoms with Crippen LogP contribution in [0.25, 0.3) is 0 Å². The van der Waals surface area contributed by atoms with Crippen LogP contribution in [0.4, 0.5) is 0 Å². The van der Waals surface area contributed by atoms with E-state index in [2.05, 4.69) is 265 Å². The quantitative estimate of drug-likeness (QED) is 0.197. The minimum absolute atomic E-state index is 0.365. The summed E-state index contributed by atoms with van der Waals surface area (Å²) in [5.41, 5.74) is 4.83. The smallest absolute Gasteiger partial charge is 0.0760 e. The molecular weight excluding hydrogens is 1250 g/mol. The maximum absolute atomic E-state index is 5.57. The van der Waals surface area contributed by atoms with Gasteiger partial charge in [0, 0.05) is 48.8 Å². The van der Waals surface area contributed by atoms with E-state index in [4.69, 9.17) is 9.47 Å². The van der Waals surface area contributed by atoms with Gasteiger partial charge in [0.15, 0.2) is 0 Å². The van der Waals surface area contributed by atoms with Crippen molar-refractivity contribution in [1.82, 2.24) is 20.6 Å². The van der Waals surface area contributed by atoms with Crippen molar-refractivity contribution < 1.29 is 9.47 Å². The third-order valence-electron chi connectivity index (χ3n) is 13.3.